The first kappa shape index (κ1) is 17.7. The highest BCUT2D eigenvalue weighted by atomic mass is 16.5. The third-order valence-corrected chi connectivity index (χ3v) is 4.28. The van der Waals surface area contributed by atoms with Crippen LogP contribution in [0.5, 0.6) is 0 Å². The molecule has 3 aromatic rings. The number of carbonyl (C=O) groups excluding carboxylic acids is 2. The molecule has 26 heavy (non-hydrogen) atoms. The largest absolute Gasteiger partial charge is 0.468 e. The molecule has 0 saturated carbocycles. The SMILES string of the molecule is COC(=O)CN(C(=O)[C@H](N)Cc1c[nH]c2ccccc12)c1ccccc1. The van der Waals surface area contributed by atoms with Gasteiger partial charge in [-0.1, -0.05) is 36.4 Å². The summed E-state index contributed by atoms with van der Waals surface area (Å²) in [6.45, 7) is -0.180. The van der Waals surface area contributed by atoms with Gasteiger partial charge in [0.2, 0.25) is 5.91 Å². The summed E-state index contributed by atoms with van der Waals surface area (Å²) in [4.78, 5) is 29.2. The lowest BCUT2D eigenvalue weighted by atomic mass is 10.0. The first-order valence-corrected chi connectivity index (χ1v) is 8.34. The average Bonchev–Trinajstić information content (AvgIpc) is 3.09. The van der Waals surface area contributed by atoms with Crippen LogP contribution in [0.3, 0.4) is 0 Å². The Morgan fingerprint density at radius 3 is 2.54 bits per heavy atom. The predicted octanol–water partition coefficient (Wildman–Crippen LogP) is 2.24. The topological polar surface area (TPSA) is 88.4 Å². The number of anilines is 1. The molecule has 1 amide bonds. The van der Waals surface area contributed by atoms with Crippen molar-refractivity contribution in [3.63, 3.8) is 0 Å². The summed E-state index contributed by atoms with van der Waals surface area (Å²) in [5, 5.41) is 1.04. The van der Waals surface area contributed by atoms with Gasteiger partial charge in [-0.05, 0) is 30.2 Å². The zero-order valence-corrected chi connectivity index (χ0v) is 14.5. The number of fused-ring (bicyclic) bond motifs is 1. The van der Waals surface area contributed by atoms with E-state index in [1.54, 1.807) is 24.3 Å². The number of ether oxygens (including phenoxy) is 1. The second-order valence-electron chi connectivity index (χ2n) is 6.01. The quantitative estimate of drug-likeness (QED) is 0.667. The molecule has 0 saturated heterocycles. The Hall–Kier alpha value is -3.12. The van der Waals surface area contributed by atoms with Gasteiger partial charge in [0.1, 0.15) is 6.54 Å². The van der Waals surface area contributed by atoms with Gasteiger partial charge in [-0.25, -0.2) is 0 Å². The lowest BCUT2D eigenvalue weighted by Crippen LogP contribution is -2.47. The normalized spacial score (nSPS) is 11.9. The van der Waals surface area contributed by atoms with Gasteiger partial charge in [0.05, 0.1) is 13.2 Å². The fraction of sp³-hybridized carbons (Fsp3) is 0.200. The average molecular weight is 351 g/mol. The van der Waals surface area contributed by atoms with Gasteiger partial charge in [0, 0.05) is 22.8 Å². The van der Waals surface area contributed by atoms with Crippen LogP contribution in [-0.2, 0) is 20.7 Å². The number of carbonyl (C=O) groups is 2. The van der Waals surface area contributed by atoms with Crippen LogP contribution in [-0.4, -0.2) is 36.6 Å². The Kier molecular flexibility index (Phi) is 5.34. The molecule has 3 rings (SSSR count). The number of para-hydroxylation sites is 2. The summed E-state index contributed by atoms with van der Waals surface area (Å²) < 4.78 is 4.72. The summed E-state index contributed by atoms with van der Waals surface area (Å²) >= 11 is 0. The maximum absolute atomic E-state index is 12.9. The monoisotopic (exact) mass is 351 g/mol. The van der Waals surface area contributed by atoms with Crippen LogP contribution < -0.4 is 10.6 Å². The molecule has 0 fully saturated rings. The number of esters is 1. The number of H-pyrrole nitrogens is 1. The molecular formula is C20H21N3O3. The van der Waals surface area contributed by atoms with Gasteiger partial charge < -0.3 is 15.5 Å². The van der Waals surface area contributed by atoms with Crippen molar-refractivity contribution < 1.29 is 14.3 Å². The van der Waals surface area contributed by atoms with Crippen molar-refractivity contribution in [2.45, 2.75) is 12.5 Å². The van der Waals surface area contributed by atoms with Gasteiger partial charge in [-0.15, -0.1) is 0 Å². The third kappa shape index (κ3) is 3.75. The lowest BCUT2D eigenvalue weighted by Gasteiger charge is -2.24. The number of aromatic nitrogens is 1. The van der Waals surface area contributed by atoms with E-state index in [2.05, 4.69) is 4.98 Å². The van der Waals surface area contributed by atoms with E-state index in [9.17, 15) is 9.59 Å². The van der Waals surface area contributed by atoms with Crippen LogP contribution in [0.15, 0.2) is 60.8 Å². The number of nitrogens with zero attached hydrogens (tertiary/aromatic N) is 1. The van der Waals surface area contributed by atoms with Crippen molar-refractivity contribution in [2.75, 3.05) is 18.6 Å². The molecule has 0 aliphatic rings. The van der Waals surface area contributed by atoms with Crippen LogP contribution in [0.4, 0.5) is 5.69 Å². The Morgan fingerprint density at radius 2 is 1.81 bits per heavy atom. The van der Waals surface area contributed by atoms with Gasteiger partial charge in [-0.2, -0.15) is 0 Å². The smallest absolute Gasteiger partial charge is 0.325 e. The summed E-state index contributed by atoms with van der Waals surface area (Å²) in [5.74, 6) is -0.826. The minimum atomic E-state index is -0.779. The molecule has 3 N–H and O–H groups in total. The fourth-order valence-corrected chi connectivity index (χ4v) is 2.92. The number of methoxy groups -OCH3 is 1. The number of hydrogen-bond acceptors (Lipinski definition) is 4. The highest BCUT2D eigenvalue weighted by Crippen LogP contribution is 2.20. The molecule has 0 spiro atoms. The number of nitrogens with one attached hydrogen (secondary N) is 1. The zero-order chi connectivity index (χ0) is 18.5. The number of nitrogens with two attached hydrogens (primary N) is 1. The molecule has 0 bridgehead atoms. The molecule has 0 radical (unpaired) electrons. The predicted molar refractivity (Wildman–Crippen MR) is 101 cm³/mol. The van der Waals surface area contributed by atoms with Crippen LogP contribution in [0.1, 0.15) is 5.56 Å². The Morgan fingerprint density at radius 1 is 1.12 bits per heavy atom. The second-order valence-corrected chi connectivity index (χ2v) is 6.01. The van der Waals surface area contributed by atoms with Crippen molar-refractivity contribution in [1.82, 2.24) is 4.98 Å². The molecule has 1 atom stereocenters. The molecule has 134 valence electrons. The van der Waals surface area contributed by atoms with Crippen molar-refractivity contribution in [2.24, 2.45) is 5.73 Å². The standard InChI is InChI=1S/C20H21N3O3/c1-26-19(24)13-23(15-7-3-2-4-8-15)20(25)17(21)11-14-12-22-18-10-6-5-9-16(14)18/h2-10,12,17,22H,11,13,21H2,1H3/t17-/m1/s1. The molecule has 0 unspecified atom stereocenters. The van der Waals surface area contributed by atoms with Crippen LogP contribution in [0.25, 0.3) is 10.9 Å². The van der Waals surface area contributed by atoms with Gasteiger partial charge >= 0.3 is 5.97 Å². The Bertz CT molecular complexity index is 905. The molecule has 2 aromatic carbocycles. The number of hydrogen-bond donors (Lipinski definition) is 2. The van der Waals surface area contributed by atoms with E-state index in [1.165, 1.54) is 12.0 Å². The van der Waals surface area contributed by atoms with E-state index in [0.29, 0.717) is 12.1 Å². The van der Waals surface area contributed by atoms with Crippen molar-refractivity contribution in [3.8, 4) is 0 Å². The van der Waals surface area contributed by atoms with E-state index in [-0.39, 0.29) is 12.5 Å². The summed E-state index contributed by atoms with van der Waals surface area (Å²) in [6, 6.07) is 16.0. The maximum atomic E-state index is 12.9. The summed E-state index contributed by atoms with van der Waals surface area (Å²) in [6.07, 6.45) is 2.23. The Labute approximate surface area is 151 Å². The van der Waals surface area contributed by atoms with Gasteiger partial charge in [0.15, 0.2) is 0 Å². The van der Waals surface area contributed by atoms with Crippen molar-refractivity contribution in [3.05, 3.63) is 66.4 Å². The van der Waals surface area contributed by atoms with E-state index < -0.39 is 12.0 Å². The first-order valence-electron chi connectivity index (χ1n) is 8.34. The maximum Gasteiger partial charge on any atom is 0.325 e. The minimum absolute atomic E-state index is 0.180. The number of rotatable bonds is 6. The number of amides is 1. The van der Waals surface area contributed by atoms with Gasteiger partial charge in [0.25, 0.3) is 0 Å². The molecular weight excluding hydrogens is 330 g/mol. The van der Waals surface area contributed by atoms with E-state index in [0.717, 1.165) is 16.5 Å². The second kappa shape index (κ2) is 7.84. The summed E-state index contributed by atoms with van der Waals surface area (Å²) in [7, 11) is 1.29. The highest BCUT2D eigenvalue weighted by Gasteiger charge is 2.25. The summed E-state index contributed by atoms with van der Waals surface area (Å²) in [5.41, 5.74) is 8.77. The van der Waals surface area contributed by atoms with E-state index in [1.807, 2.05) is 36.5 Å². The lowest BCUT2D eigenvalue weighted by molar-refractivity contribution is -0.140. The Balaban J connectivity index is 1.82. The van der Waals surface area contributed by atoms with Crippen LogP contribution >= 0.6 is 0 Å². The third-order valence-electron chi connectivity index (χ3n) is 4.28. The molecule has 0 aliphatic heterocycles. The van der Waals surface area contributed by atoms with Crippen molar-refractivity contribution in [1.29, 1.82) is 0 Å². The first-order chi connectivity index (χ1) is 12.6. The highest BCUT2D eigenvalue weighted by molar-refractivity contribution is 6.01. The number of aromatic amines is 1. The molecule has 1 heterocycles. The van der Waals surface area contributed by atoms with Crippen LogP contribution in [0, 0.1) is 0 Å². The minimum Gasteiger partial charge on any atom is -0.468 e. The molecule has 6 nitrogen and oxygen atoms in total. The molecule has 6 heteroatoms. The molecule has 0 aliphatic carbocycles. The van der Waals surface area contributed by atoms with E-state index >= 15 is 0 Å². The fourth-order valence-electron chi connectivity index (χ4n) is 2.92. The van der Waals surface area contributed by atoms with Gasteiger partial charge in [-0.3, -0.25) is 14.5 Å². The zero-order valence-electron chi connectivity index (χ0n) is 14.5. The number of benzene rings is 2. The van der Waals surface area contributed by atoms with Crippen molar-refractivity contribution >= 4 is 28.5 Å². The van der Waals surface area contributed by atoms with E-state index in [4.69, 9.17) is 10.5 Å². The van der Waals surface area contributed by atoms with Crippen LogP contribution in [0.2, 0.25) is 0 Å². The molecule has 1 aromatic heterocycles.